The molecule has 1 aromatic heterocycles. The van der Waals surface area contributed by atoms with Gasteiger partial charge in [-0.1, -0.05) is 38.0 Å². The molecule has 0 fully saturated rings. The Kier molecular flexibility index (Phi) is 5.12. The molecule has 0 saturated carbocycles. The number of rotatable bonds is 6. The van der Waals surface area contributed by atoms with Crippen LogP contribution in [0.5, 0.6) is 5.75 Å². The zero-order valence-corrected chi connectivity index (χ0v) is 13.2. The summed E-state index contributed by atoms with van der Waals surface area (Å²) in [5, 5.41) is 3.26. The second-order valence-corrected chi connectivity index (χ2v) is 6.15. The van der Waals surface area contributed by atoms with E-state index in [1.54, 1.807) is 0 Å². The van der Waals surface area contributed by atoms with Gasteiger partial charge in [-0.25, -0.2) is 9.37 Å². The number of aromatic nitrogens is 1. The summed E-state index contributed by atoms with van der Waals surface area (Å²) < 4.78 is 19.2. The molecule has 2 aromatic rings. The quantitative estimate of drug-likeness (QED) is 0.869. The Morgan fingerprint density at radius 1 is 1.52 bits per heavy atom. The average molecular weight is 310 g/mol. The van der Waals surface area contributed by atoms with Gasteiger partial charge in [0.1, 0.15) is 17.1 Å². The van der Waals surface area contributed by atoms with Crippen molar-refractivity contribution in [3.63, 3.8) is 0 Å². The molecule has 114 valence electrons. The lowest BCUT2D eigenvalue weighted by Gasteiger charge is -2.08. The minimum atomic E-state index is -0.377. The lowest BCUT2D eigenvalue weighted by molar-refractivity contribution is -0.117. The molecular formula is C15H19FN2O2S. The van der Waals surface area contributed by atoms with E-state index < -0.39 is 0 Å². The van der Waals surface area contributed by atoms with Crippen molar-refractivity contribution < 1.29 is 13.9 Å². The van der Waals surface area contributed by atoms with Gasteiger partial charge in [-0.05, 0) is 12.0 Å². The number of anilines is 1. The van der Waals surface area contributed by atoms with Gasteiger partial charge < -0.3 is 10.1 Å². The van der Waals surface area contributed by atoms with Crippen LogP contribution in [0.2, 0.25) is 0 Å². The molecule has 6 heteroatoms. The molecule has 0 saturated heterocycles. The number of halogens is 1. The van der Waals surface area contributed by atoms with Crippen LogP contribution in [-0.2, 0) is 4.79 Å². The van der Waals surface area contributed by atoms with Gasteiger partial charge in [0.25, 0.3) is 0 Å². The third-order valence-corrected chi connectivity index (χ3v) is 4.12. The van der Waals surface area contributed by atoms with E-state index in [2.05, 4.69) is 24.1 Å². The SMILES string of the molecule is CCCC(C)CC(=O)Nc1nc2c(OC)cc(F)cc2s1. The van der Waals surface area contributed by atoms with Crippen LogP contribution in [0.25, 0.3) is 10.2 Å². The van der Waals surface area contributed by atoms with Crippen molar-refractivity contribution in [2.45, 2.75) is 33.1 Å². The lowest BCUT2D eigenvalue weighted by atomic mass is 10.0. The third kappa shape index (κ3) is 3.91. The summed E-state index contributed by atoms with van der Waals surface area (Å²) in [6.07, 6.45) is 2.55. The van der Waals surface area contributed by atoms with Gasteiger partial charge in [0.15, 0.2) is 5.13 Å². The number of methoxy groups -OCH3 is 1. The number of fused-ring (bicyclic) bond motifs is 1. The maximum absolute atomic E-state index is 13.4. The largest absolute Gasteiger partial charge is 0.494 e. The molecule has 21 heavy (non-hydrogen) atoms. The molecule has 1 heterocycles. The summed E-state index contributed by atoms with van der Waals surface area (Å²) in [7, 11) is 1.47. The number of benzene rings is 1. The van der Waals surface area contributed by atoms with Gasteiger partial charge >= 0.3 is 0 Å². The first-order valence-corrected chi connectivity index (χ1v) is 7.79. The Balaban J connectivity index is 2.14. The zero-order valence-electron chi connectivity index (χ0n) is 12.4. The van der Waals surface area contributed by atoms with Gasteiger partial charge in [0, 0.05) is 12.5 Å². The van der Waals surface area contributed by atoms with Crippen LogP contribution >= 0.6 is 11.3 Å². The van der Waals surface area contributed by atoms with Crippen LogP contribution in [-0.4, -0.2) is 18.0 Å². The number of amides is 1. The Morgan fingerprint density at radius 2 is 2.29 bits per heavy atom. The molecule has 0 spiro atoms. The summed E-state index contributed by atoms with van der Waals surface area (Å²) in [5.74, 6) is 0.282. The van der Waals surface area contributed by atoms with E-state index >= 15 is 0 Å². The fourth-order valence-corrected chi connectivity index (χ4v) is 3.18. The number of thiazole rings is 1. The molecular weight excluding hydrogens is 291 g/mol. The second kappa shape index (κ2) is 6.85. The first kappa shape index (κ1) is 15.7. The van der Waals surface area contributed by atoms with Crippen LogP contribution in [0, 0.1) is 11.7 Å². The molecule has 0 radical (unpaired) electrons. The number of carbonyl (C=O) groups is 1. The van der Waals surface area contributed by atoms with Crippen molar-refractivity contribution in [1.29, 1.82) is 0 Å². The van der Waals surface area contributed by atoms with Gasteiger partial charge in [-0.2, -0.15) is 0 Å². The third-order valence-electron chi connectivity index (χ3n) is 3.21. The van der Waals surface area contributed by atoms with E-state index in [9.17, 15) is 9.18 Å². The fraction of sp³-hybridized carbons (Fsp3) is 0.467. The van der Waals surface area contributed by atoms with E-state index in [-0.39, 0.29) is 11.7 Å². The molecule has 0 aliphatic carbocycles. The highest BCUT2D eigenvalue weighted by atomic mass is 32.1. The van der Waals surface area contributed by atoms with Crippen LogP contribution in [0.1, 0.15) is 33.1 Å². The molecule has 1 atom stereocenters. The smallest absolute Gasteiger partial charge is 0.226 e. The van der Waals surface area contributed by atoms with Crippen LogP contribution in [0.4, 0.5) is 9.52 Å². The number of nitrogens with one attached hydrogen (secondary N) is 1. The zero-order chi connectivity index (χ0) is 15.4. The highest BCUT2D eigenvalue weighted by Gasteiger charge is 2.14. The van der Waals surface area contributed by atoms with Gasteiger partial charge in [-0.3, -0.25) is 4.79 Å². The normalized spacial score (nSPS) is 12.4. The predicted octanol–water partition coefficient (Wildman–Crippen LogP) is 4.21. The van der Waals surface area contributed by atoms with Crippen LogP contribution < -0.4 is 10.1 Å². The minimum Gasteiger partial charge on any atom is -0.494 e. The summed E-state index contributed by atoms with van der Waals surface area (Å²) in [5.41, 5.74) is 0.570. The highest BCUT2D eigenvalue weighted by molar-refractivity contribution is 7.22. The minimum absolute atomic E-state index is 0.0607. The highest BCUT2D eigenvalue weighted by Crippen LogP contribution is 2.33. The Labute approximate surface area is 127 Å². The van der Waals surface area contributed by atoms with E-state index in [0.717, 1.165) is 12.8 Å². The summed E-state index contributed by atoms with van der Waals surface area (Å²) in [6.45, 7) is 4.16. The van der Waals surface area contributed by atoms with Crippen molar-refractivity contribution in [2.75, 3.05) is 12.4 Å². The van der Waals surface area contributed by atoms with Gasteiger partial charge in [-0.15, -0.1) is 0 Å². The monoisotopic (exact) mass is 310 g/mol. The maximum atomic E-state index is 13.4. The molecule has 1 aromatic carbocycles. The first-order valence-electron chi connectivity index (χ1n) is 6.97. The molecule has 2 rings (SSSR count). The summed E-state index contributed by atoms with van der Waals surface area (Å²) >= 11 is 1.25. The van der Waals surface area contributed by atoms with Crippen LogP contribution in [0.3, 0.4) is 0 Å². The van der Waals surface area contributed by atoms with E-state index in [1.807, 2.05) is 0 Å². The lowest BCUT2D eigenvalue weighted by Crippen LogP contribution is -2.14. The summed E-state index contributed by atoms with van der Waals surface area (Å²) in [6, 6.07) is 2.68. The van der Waals surface area contributed by atoms with Crippen molar-refractivity contribution in [2.24, 2.45) is 5.92 Å². The molecule has 0 aliphatic rings. The number of carbonyl (C=O) groups excluding carboxylic acids is 1. The number of hydrogen-bond donors (Lipinski definition) is 1. The number of nitrogens with zero attached hydrogens (tertiary/aromatic N) is 1. The average Bonchev–Trinajstić information content (AvgIpc) is 2.79. The second-order valence-electron chi connectivity index (χ2n) is 5.12. The molecule has 4 nitrogen and oxygen atoms in total. The van der Waals surface area contributed by atoms with Gasteiger partial charge in [0.05, 0.1) is 11.8 Å². The van der Waals surface area contributed by atoms with Gasteiger partial charge in [0.2, 0.25) is 5.91 Å². The van der Waals surface area contributed by atoms with Crippen molar-refractivity contribution >= 4 is 32.6 Å². The van der Waals surface area contributed by atoms with E-state index in [1.165, 1.54) is 30.6 Å². The molecule has 1 unspecified atom stereocenters. The predicted molar refractivity (Wildman–Crippen MR) is 83.4 cm³/mol. The Hall–Kier alpha value is -1.69. The van der Waals surface area contributed by atoms with Crippen molar-refractivity contribution in [3.8, 4) is 5.75 Å². The molecule has 0 bridgehead atoms. The Morgan fingerprint density at radius 3 is 2.95 bits per heavy atom. The number of ether oxygens (including phenoxy) is 1. The van der Waals surface area contributed by atoms with E-state index in [4.69, 9.17) is 4.74 Å². The molecule has 1 amide bonds. The molecule has 0 aliphatic heterocycles. The standard InChI is InChI=1S/C15H19FN2O2S/c1-4-5-9(2)6-13(19)17-15-18-14-11(20-3)7-10(16)8-12(14)21-15/h7-9H,4-6H2,1-3H3,(H,17,18,19). The van der Waals surface area contributed by atoms with E-state index in [0.29, 0.717) is 33.4 Å². The first-order chi connectivity index (χ1) is 10.0. The summed E-state index contributed by atoms with van der Waals surface area (Å²) in [4.78, 5) is 16.3. The van der Waals surface area contributed by atoms with Crippen LogP contribution in [0.15, 0.2) is 12.1 Å². The topological polar surface area (TPSA) is 51.2 Å². The fourth-order valence-electron chi connectivity index (χ4n) is 2.26. The van der Waals surface area contributed by atoms with Crippen molar-refractivity contribution in [3.05, 3.63) is 17.9 Å². The maximum Gasteiger partial charge on any atom is 0.226 e. The Bertz CT molecular complexity index is 642. The molecule has 1 N–H and O–H groups in total. The number of hydrogen-bond acceptors (Lipinski definition) is 4. The van der Waals surface area contributed by atoms with Crippen molar-refractivity contribution in [1.82, 2.24) is 4.98 Å².